The summed E-state index contributed by atoms with van der Waals surface area (Å²) in [5, 5.41) is 2.20. The fraction of sp³-hybridized carbons (Fsp3) is 0.250. The van der Waals surface area contributed by atoms with Gasteiger partial charge in [-0.1, -0.05) is 49.0 Å². The Balaban J connectivity index is 1.68. The van der Waals surface area contributed by atoms with E-state index in [1.807, 2.05) is 42.7 Å². The minimum Gasteiger partial charge on any atom is -0.399 e. The average Bonchev–Trinajstić information content (AvgIpc) is 2.73. The van der Waals surface area contributed by atoms with Crippen LogP contribution in [-0.4, -0.2) is 23.9 Å². The summed E-state index contributed by atoms with van der Waals surface area (Å²) in [5.41, 5.74) is 9.21. The Kier molecular flexibility index (Phi) is 4.63. The summed E-state index contributed by atoms with van der Waals surface area (Å²) >= 11 is 0. The van der Waals surface area contributed by atoms with Crippen LogP contribution in [0.3, 0.4) is 0 Å². The molecule has 1 aromatic heterocycles. The van der Waals surface area contributed by atoms with Crippen LogP contribution in [0.1, 0.15) is 30.9 Å². The van der Waals surface area contributed by atoms with E-state index in [0.717, 1.165) is 53.5 Å². The van der Waals surface area contributed by atoms with Crippen molar-refractivity contribution >= 4 is 27.9 Å². The van der Waals surface area contributed by atoms with Gasteiger partial charge in [-0.3, -0.25) is 9.78 Å². The van der Waals surface area contributed by atoms with Crippen molar-refractivity contribution in [3.63, 3.8) is 0 Å². The molecule has 1 aliphatic rings. The van der Waals surface area contributed by atoms with Crippen LogP contribution >= 0.6 is 0 Å². The summed E-state index contributed by atoms with van der Waals surface area (Å²) in [5.74, 6) is 0.246. The van der Waals surface area contributed by atoms with Crippen LogP contribution in [0.25, 0.3) is 16.5 Å². The van der Waals surface area contributed by atoms with Gasteiger partial charge < -0.3 is 10.6 Å². The maximum atomic E-state index is 12.6. The number of anilines is 1. The molecule has 0 aliphatic carbocycles. The molecule has 0 saturated carbocycles. The highest BCUT2D eigenvalue weighted by atomic mass is 16.1. The standard InChI is InChI=1S/C24H25N3O/c1-17(25)19-8-9-20-15-26-16-23(22(20)14-19)27-12-10-24(11-13-27,18(2)28)21-6-4-3-5-7-21/h3-9,14-16H,1,10-13,25H2,2H3. The average molecular weight is 371 g/mol. The number of ketones is 1. The van der Waals surface area contributed by atoms with E-state index in [9.17, 15) is 4.79 Å². The molecule has 1 fully saturated rings. The van der Waals surface area contributed by atoms with Crippen molar-refractivity contribution < 1.29 is 4.79 Å². The molecule has 0 unspecified atom stereocenters. The number of fused-ring (bicyclic) bond motifs is 1. The first-order valence-corrected chi connectivity index (χ1v) is 9.65. The number of nitrogens with zero attached hydrogens (tertiary/aromatic N) is 2. The summed E-state index contributed by atoms with van der Waals surface area (Å²) in [7, 11) is 0. The van der Waals surface area contributed by atoms with Gasteiger partial charge >= 0.3 is 0 Å². The van der Waals surface area contributed by atoms with Crippen molar-refractivity contribution in [3.8, 4) is 0 Å². The lowest BCUT2D eigenvalue weighted by Crippen LogP contribution is -2.46. The lowest BCUT2D eigenvalue weighted by molar-refractivity contribution is -0.123. The highest BCUT2D eigenvalue weighted by Crippen LogP contribution is 2.39. The van der Waals surface area contributed by atoms with Crippen LogP contribution < -0.4 is 10.6 Å². The zero-order valence-corrected chi connectivity index (χ0v) is 16.2. The molecule has 0 atom stereocenters. The van der Waals surface area contributed by atoms with Crippen molar-refractivity contribution in [1.82, 2.24) is 4.98 Å². The van der Waals surface area contributed by atoms with Gasteiger partial charge in [0.25, 0.3) is 0 Å². The number of benzene rings is 2. The third kappa shape index (κ3) is 3.05. The van der Waals surface area contributed by atoms with E-state index in [1.165, 1.54) is 0 Å². The van der Waals surface area contributed by atoms with Crippen LogP contribution in [0.4, 0.5) is 5.69 Å². The monoisotopic (exact) mass is 371 g/mol. The second-order valence-corrected chi connectivity index (χ2v) is 7.61. The molecule has 3 aromatic rings. The number of aromatic nitrogens is 1. The van der Waals surface area contributed by atoms with Gasteiger partial charge in [-0.2, -0.15) is 0 Å². The first-order chi connectivity index (χ1) is 13.5. The molecule has 1 saturated heterocycles. The van der Waals surface area contributed by atoms with E-state index in [0.29, 0.717) is 5.70 Å². The summed E-state index contributed by atoms with van der Waals surface area (Å²) < 4.78 is 0. The Hall–Kier alpha value is -3.14. The quantitative estimate of drug-likeness (QED) is 0.743. The zero-order valence-electron chi connectivity index (χ0n) is 16.2. The molecule has 0 radical (unpaired) electrons. The highest BCUT2D eigenvalue weighted by molar-refractivity contribution is 5.95. The molecule has 2 aromatic carbocycles. The number of pyridine rings is 1. The zero-order chi connectivity index (χ0) is 19.7. The predicted molar refractivity (Wildman–Crippen MR) is 115 cm³/mol. The number of rotatable bonds is 4. The number of Topliss-reactive ketones (excluding diaryl/α,β-unsaturated/α-hetero) is 1. The van der Waals surface area contributed by atoms with Gasteiger partial charge in [-0.15, -0.1) is 0 Å². The Labute approximate surface area is 165 Å². The van der Waals surface area contributed by atoms with Crippen molar-refractivity contribution in [3.05, 3.63) is 78.6 Å². The molecule has 4 nitrogen and oxygen atoms in total. The second kappa shape index (κ2) is 7.12. The van der Waals surface area contributed by atoms with Crippen LogP contribution in [0, 0.1) is 0 Å². The van der Waals surface area contributed by atoms with Gasteiger partial charge in [0.15, 0.2) is 0 Å². The maximum Gasteiger partial charge on any atom is 0.140 e. The maximum absolute atomic E-state index is 12.6. The van der Waals surface area contributed by atoms with Crippen molar-refractivity contribution in [2.75, 3.05) is 18.0 Å². The van der Waals surface area contributed by atoms with Crippen molar-refractivity contribution in [2.45, 2.75) is 25.2 Å². The molecule has 1 aliphatic heterocycles. The Morgan fingerprint density at radius 2 is 1.82 bits per heavy atom. The fourth-order valence-corrected chi connectivity index (χ4v) is 4.33. The van der Waals surface area contributed by atoms with E-state index in [-0.39, 0.29) is 5.78 Å². The molecular formula is C24H25N3O. The summed E-state index contributed by atoms with van der Waals surface area (Å²) in [6, 6.07) is 16.3. The van der Waals surface area contributed by atoms with Crippen LogP contribution in [0.15, 0.2) is 67.5 Å². The molecule has 0 bridgehead atoms. The van der Waals surface area contributed by atoms with E-state index >= 15 is 0 Å². The molecule has 142 valence electrons. The van der Waals surface area contributed by atoms with Gasteiger partial charge in [-0.05, 0) is 37.0 Å². The fourth-order valence-electron chi connectivity index (χ4n) is 4.33. The molecule has 2 heterocycles. The van der Waals surface area contributed by atoms with E-state index in [1.54, 1.807) is 6.92 Å². The minimum absolute atomic E-state index is 0.246. The first-order valence-electron chi connectivity index (χ1n) is 9.65. The Bertz CT molecular complexity index is 1030. The van der Waals surface area contributed by atoms with Gasteiger partial charge in [0.05, 0.1) is 17.3 Å². The summed E-state index contributed by atoms with van der Waals surface area (Å²) in [4.78, 5) is 19.4. The number of nitrogens with two attached hydrogens (primary N) is 1. The number of piperidine rings is 1. The lowest BCUT2D eigenvalue weighted by atomic mass is 9.70. The number of carbonyl (C=O) groups excluding carboxylic acids is 1. The predicted octanol–water partition coefficient (Wildman–Crippen LogP) is 4.29. The number of carbonyl (C=O) groups is 1. The number of hydrogen-bond acceptors (Lipinski definition) is 4. The van der Waals surface area contributed by atoms with Gasteiger partial charge in [0.1, 0.15) is 5.78 Å². The molecule has 28 heavy (non-hydrogen) atoms. The van der Waals surface area contributed by atoms with Crippen molar-refractivity contribution in [1.29, 1.82) is 0 Å². The minimum atomic E-state index is -0.396. The molecule has 2 N–H and O–H groups in total. The normalized spacial score (nSPS) is 16.1. The van der Waals surface area contributed by atoms with Crippen LogP contribution in [0.2, 0.25) is 0 Å². The van der Waals surface area contributed by atoms with Gasteiger partial charge in [-0.25, -0.2) is 0 Å². The first kappa shape index (κ1) is 18.2. The van der Waals surface area contributed by atoms with E-state index in [2.05, 4.69) is 34.7 Å². The van der Waals surface area contributed by atoms with Crippen LogP contribution in [0.5, 0.6) is 0 Å². The summed E-state index contributed by atoms with van der Waals surface area (Å²) in [6.45, 7) is 7.20. The van der Waals surface area contributed by atoms with Crippen LogP contribution in [-0.2, 0) is 10.2 Å². The third-order valence-corrected chi connectivity index (χ3v) is 6.07. The molecule has 0 spiro atoms. The molecule has 0 amide bonds. The number of hydrogen-bond donors (Lipinski definition) is 1. The molecular weight excluding hydrogens is 346 g/mol. The smallest absolute Gasteiger partial charge is 0.140 e. The van der Waals surface area contributed by atoms with E-state index in [4.69, 9.17) is 5.73 Å². The SMILES string of the molecule is C=C(N)c1ccc2cncc(N3CCC(C(C)=O)(c4ccccc4)CC3)c2c1. The molecule has 4 heteroatoms. The lowest BCUT2D eigenvalue weighted by Gasteiger charge is -2.41. The van der Waals surface area contributed by atoms with Gasteiger partial charge in [0.2, 0.25) is 0 Å². The topological polar surface area (TPSA) is 59.2 Å². The Morgan fingerprint density at radius 1 is 1.11 bits per heavy atom. The second-order valence-electron chi connectivity index (χ2n) is 7.61. The summed E-state index contributed by atoms with van der Waals surface area (Å²) in [6.07, 6.45) is 5.38. The Morgan fingerprint density at radius 3 is 2.46 bits per heavy atom. The highest BCUT2D eigenvalue weighted by Gasteiger charge is 2.40. The molecule has 4 rings (SSSR count). The van der Waals surface area contributed by atoms with Gasteiger partial charge in [0, 0.05) is 35.8 Å². The largest absolute Gasteiger partial charge is 0.399 e. The van der Waals surface area contributed by atoms with E-state index < -0.39 is 5.41 Å². The van der Waals surface area contributed by atoms with Crippen molar-refractivity contribution in [2.24, 2.45) is 5.73 Å². The third-order valence-electron chi connectivity index (χ3n) is 6.07.